The molecule has 14 heavy (non-hydrogen) atoms. The van der Waals surface area contributed by atoms with E-state index in [-0.39, 0.29) is 0 Å². The van der Waals surface area contributed by atoms with Crippen molar-refractivity contribution in [2.45, 2.75) is 12.5 Å². The Balaban J connectivity index is 2.10. The first-order valence-electron chi connectivity index (χ1n) is 3.94. The largest absolute Gasteiger partial charge is 0.457 e. The second-order valence-electron chi connectivity index (χ2n) is 2.77. The van der Waals surface area contributed by atoms with Gasteiger partial charge in [-0.2, -0.15) is 0 Å². The Bertz CT molecular complexity index is 401. The van der Waals surface area contributed by atoms with Crippen LogP contribution in [-0.2, 0) is 6.42 Å². The molecule has 2 aromatic rings. The van der Waals surface area contributed by atoms with Crippen molar-refractivity contribution in [3.05, 3.63) is 33.6 Å². The number of nitrogens with zero attached hydrogens (tertiary/aromatic N) is 2. The monoisotopic (exact) mass is 274 g/mol. The summed E-state index contributed by atoms with van der Waals surface area (Å²) in [6.07, 6.45) is 1.38. The fourth-order valence-electron chi connectivity index (χ4n) is 1.12. The number of furan rings is 1. The third-order valence-electron chi connectivity index (χ3n) is 1.81. The molecule has 0 aromatic carbocycles. The van der Waals surface area contributed by atoms with Crippen molar-refractivity contribution >= 4 is 27.5 Å². The number of hydrogen-bond donors (Lipinski definition) is 1. The summed E-state index contributed by atoms with van der Waals surface area (Å²) >= 11 is 4.49. The van der Waals surface area contributed by atoms with Crippen LogP contribution in [0.2, 0.25) is 0 Å². The molecule has 1 unspecified atom stereocenters. The van der Waals surface area contributed by atoms with E-state index < -0.39 is 6.10 Å². The van der Waals surface area contributed by atoms with Gasteiger partial charge in [0.2, 0.25) is 0 Å². The third kappa shape index (κ3) is 2.02. The van der Waals surface area contributed by atoms with E-state index in [2.05, 4.69) is 25.5 Å². The second-order valence-corrected chi connectivity index (χ2v) is 4.10. The molecule has 74 valence electrons. The zero-order valence-corrected chi connectivity index (χ0v) is 9.46. The molecule has 0 saturated carbocycles. The van der Waals surface area contributed by atoms with Gasteiger partial charge in [-0.25, -0.2) is 0 Å². The molecule has 0 radical (unpaired) electrons. The quantitative estimate of drug-likeness (QED) is 0.932. The maximum Gasteiger partial charge on any atom is 0.174 e. The summed E-state index contributed by atoms with van der Waals surface area (Å²) in [5, 5.41) is 15.5. The summed E-state index contributed by atoms with van der Waals surface area (Å²) in [6.45, 7) is 0. The molecular formula is C8H7BrN2O2S. The lowest BCUT2D eigenvalue weighted by Gasteiger charge is -2.05. The van der Waals surface area contributed by atoms with E-state index in [1.807, 2.05) is 5.38 Å². The van der Waals surface area contributed by atoms with Crippen LogP contribution in [0.3, 0.4) is 0 Å². The number of aliphatic hydroxyl groups excluding tert-OH is 1. The predicted molar refractivity (Wildman–Crippen MR) is 55.0 cm³/mol. The molecule has 0 aliphatic heterocycles. The van der Waals surface area contributed by atoms with Gasteiger partial charge in [-0.3, -0.25) is 0 Å². The number of halogens is 1. The maximum absolute atomic E-state index is 9.81. The number of rotatable bonds is 3. The Labute approximate surface area is 92.9 Å². The van der Waals surface area contributed by atoms with Gasteiger partial charge in [-0.05, 0) is 33.5 Å². The Kier molecular flexibility index (Phi) is 2.95. The second kappa shape index (κ2) is 4.20. The van der Waals surface area contributed by atoms with E-state index in [1.165, 1.54) is 17.8 Å². The van der Waals surface area contributed by atoms with Gasteiger partial charge in [0.1, 0.15) is 0 Å². The molecule has 0 spiro atoms. The highest BCUT2D eigenvalue weighted by Crippen LogP contribution is 2.26. The van der Waals surface area contributed by atoms with Gasteiger partial charge < -0.3 is 9.52 Å². The van der Waals surface area contributed by atoms with Crippen molar-refractivity contribution in [3.8, 4) is 0 Å². The van der Waals surface area contributed by atoms with Gasteiger partial charge in [-0.15, -0.1) is 5.10 Å². The summed E-state index contributed by atoms with van der Waals surface area (Å²) in [6, 6.07) is 1.73. The Hall–Kier alpha value is -0.720. The molecule has 0 fully saturated rings. The van der Waals surface area contributed by atoms with Crippen LogP contribution in [0.15, 0.2) is 26.8 Å². The smallest absolute Gasteiger partial charge is 0.174 e. The van der Waals surface area contributed by atoms with Crippen molar-refractivity contribution in [1.29, 1.82) is 0 Å². The van der Waals surface area contributed by atoms with Gasteiger partial charge in [0, 0.05) is 17.4 Å². The van der Waals surface area contributed by atoms with Gasteiger partial charge >= 0.3 is 0 Å². The molecule has 4 nitrogen and oxygen atoms in total. The molecule has 6 heteroatoms. The van der Waals surface area contributed by atoms with Crippen LogP contribution in [0.1, 0.15) is 17.4 Å². The van der Waals surface area contributed by atoms with Gasteiger partial charge in [0.25, 0.3) is 0 Å². The Morgan fingerprint density at radius 2 is 2.50 bits per heavy atom. The summed E-state index contributed by atoms with van der Waals surface area (Å²) in [5.41, 5.74) is 1.52. The lowest BCUT2D eigenvalue weighted by molar-refractivity contribution is 0.175. The van der Waals surface area contributed by atoms with Crippen molar-refractivity contribution in [3.63, 3.8) is 0 Å². The Morgan fingerprint density at radius 3 is 3.07 bits per heavy atom. The molecule has 2 aromatic heterocycles. The lowest BCUT2D eigenvalue weighted by atomic mass is 10.1. The highest BCUT2D eigenvalue weighted by atomic mass is 79.9. The van der Waals surface area contributed by atoms with E-state index in [1.54, 1.807) is 6.07 Å². The normalized spacial score (nSPS) is 13.0. The molecule has 0 aliphatic carbocycles. The molecule has 0 aliphatic rings. The first kappa shape index (κ1) is 9.82. The summed E-state index contributed by atoms with van der Waals surface area (Å²) < 4.78 is 9.32. The summed E-state index contributed by atoms with van der Waals surface area (Å²) in [4.78, 5) is 0. The van der Waals surface area contributed by atoms with Crippen LogP contribution in [0.5, 0.6) is 0 Å². The summed E-state index contributed by atoms with van der Waals surface area (Å²) in [7, 11) is 0. The number of aliphatic hydroxyl groups is 1. The minimum Gasteiger partial charge on any atom is -0.457 e. The average Bonchev–Trinajstić information content (AvgIpc) is 2.75. The molecule has 0 amide bonds. The third-order valence-corrected chi connectivity index (χ3v) is 3.01. The van der Waals surface area contributed by atoms with Crippen molar-refractivity contribution in [1.82, 2.24) is 9.59 Å². The first-order valence-corrected chi connectivity index (χ1v) is 5.57. The molecule has 2 heterocycles. The van der Waals surface area contributed by atoms with E-state index in [4.69, 9.17) is 4.42 Å². The molecule has 2 rings (SSSR count). The van der Waals surface area contributed by atoms with Crippen LogP contribution < -0.4 is 0 Å². The van der Waals surface area contributed by atoms with E-state index in [9.17, 15) is 5.11 Å². The van der Waals surface area contributed by atoms with Crippen molar-refractivity contribution in [2.24, 2.45) is 0 Å². The van der Waals surface area contributed by atoms with Gasteiger partial charge in [-0.1, -0.05) is 4.49 Å². The van der Waals surface area contributed by atoms with Crippen LogP contribution in [0, 0.1) is 0 Å². The van der Waals surface area contributed by atoms with Crippen molar-refractivity contribution < 1.29 is 9.52 Å². The predicted octanol–water partition coefficient (Wildman–Crippen LogP) is 2.17. The molecule has 0 bridgehead atoms. The van der Waals surface area contributed by atoms with E-state index in [0.29, 0.717) is 11.1 Å². The van der Waals surface area contributed by atoms with E-state index in [0.717, 1.165) is 11.3 Å². The van der Waals surface area contributed by atoms with Gasteiger partial charge in [0.15, 0.2) is 4.67 Å². The lowest BCUT2D eigenvalue weighted by Crippen LogP contribution is -2.01. The molecule has 0 saturated heterocycles. The molecular weight excluding hydrogens is 268 g/mol. The van der Waals surface area contributed by atoms with Crippen LogP contribution in [0.4, 0.5) is 0 Å². The zero-order chi connectivity index (χ0) is 9.97. The highest BCUT2D eigenvalue weighted by Gasteiger charge is 2.15. The fraction of sp³-hybridized carbons (Fsp3) is 0.250. The maximum atomic E-state index is 9.81. The fourth-order valence-corrected chi connectivity index (χ4v) is 2.09. The number of hydrogen-bond acceptors (Lipinski definition) is 5. The first-order chi connectivity index (χ1) is 6.77. The van der Waals surface area contributed by atoms with Gasteiger partial charge in [0.05, 0.1) is 18.1 Å². The SMILES string of the molecule is OC(Cc1csnn1)c1ccoc1Br. The van der Waals surface area contributed by atoms with Crippen molar-refractivity contribution in [2.75, 3.05) is 0 Å². The van der Waals surface area contributed by atoms with Crippen LogP contribution in [0.25, 0.3) is 0 Å². The van der Waals surface area contributed by atoms with Crippen LogP contribution >= 0.6 is 27.5 Å². The number of aromatic nitrogens is 2. The highest BCUT2D eigenvalue weighted by molar-refractivity contribution is 9.10. The molecule has 1 atom stereocenters. The standard InChI is InChI=1S/C8H7BrN2O2S/c9-8-6(1-2-13-8)7(12)3-5-4-14-11-10-5/h1-2,4,7,12H,3H2. The Morgan fingerprint density at radius 1 is 1.64 bits per heavy atom. The topological polar surface area (TPSA) is 59.2 Å². The van der Waals surface area contributed by atoms with Crippen LogP contribution in [-0.4, -0.2) is 14.7 Å². The molecule has 1 N–H and O–H groups in total. The average molecular weight is 275 g/mol. The minimum absolute atomic E-state index is 0.453. The summed E-state index contributed by atoms with van der Waals surface area (Å²) in [5.74, 6) is 0. The minimum atomic E-state index is -0.605. The zero-order valence-electron chi connectivity index (χ0n) is 7.05. The van der Waals surface area contributed by atoms with E-state index >= 15 is 0 Å².